The fourth-order valence-electron chi connectivity index (χ4n) is 4.21. The summed E-state index contributed by atoms with van der Waals surface area (Å²) in [4.78, 5) is 26.2. The number of carbonyl (C=O) groups excluding carboxylic acids is 1. The SMILES string of the molecule is Cc1cc(C(C(=O)N2CCCC2C2=N[C@@](C)(c3ccc(Br)cc3)ON2)C(C)C)on1. The molecule has 2 aromatic rings. The maximum absolute atomic E-state index is 13.5. The van der Waals surface area contributed by atoms with Gasteiger partial charge in [0, 0.05) is 22.6 Å². The summed E-state index contributed by atoms with van der Waals surface area (Å²) in [6.07, 6.45) is 1.77. The van der Waals surface area contributed by atoms with Gasteiger partial charge >= 0.3 is 0 Å². The van der Waals surface area contributed by atoms with E-state index in [1.807, 2.05) is 62.9 Å². The number of hydrogen-bond acceptors (Lipinski definition) is 6. The summed E-state index contributed by atoms with van der Waals surface area (Å²) in [6, 6.07) is 9.62. The van der Waals surface area contributed by atoms with Crippen LogP contribution in [0.3, 0.4) is 0 Å². The second kappa shape index (κ2) is 8.15. The van der Waals surface area contributed by atoms with Gasteiger partial charge < -0.3 is 9.42 Å². The monoisotopic (exact) mass is 474 g/mol. The molecule has 4 rings (SSSR count). The Bertz CT molecular complexity index is 956. The largest absolute Gasteiger partial charge is 0.360 e. The van der Waals surface area contributed by atoms with Gasteiger partial charge in [0.2, 0.25) is 11.6 Å². The van der Waals surface area contributed by atoms with Crippen LogP contribution >= 0.6 is 15.9 Å². The number of nitrogens with zero attached hydrogens (tertiary/aromatic N) is 3. The van der Waals surface area contributed by atoms with E-state index in [0.717, 1.165) is 28.6 Å². The van der Waals surface area contributed by atoms with E-state index in [4.69, 9.17) is 14.4 Å². The normalized spacial score (nSPS) is 24.8. The number of aryl methyl sites for hydroxylation is 1. The number of hydrogen-bond donors (Lipinski definition) is 1. The molecule has 3 heterocycles. The molecule has 0 saturated carbocycles. The Kier molecular flexibility index (Phi) is 5.72. The Morgan fingerprint density at radius 3 is 2.70 bits per heavy atom. The van der Waals surface area contributed by atoms with Crippen LogP contribution in [-0.2, 0) is 15.4 Å². The van der Waals surface area contributed by atoms with Crippen molar-refractivity contribution in [2.75, 3.05) is 6.54 Å². The topological polar surface area (TPSA) is 80.0 Å². The van der Waals surface area contributed by atoms with Gasteiger partial charge in [0.1, 0.15) is 17.5 Å². The van der Waals surface area contributed by atoms with Gasteiger partial charge in [-0.2, -0.15) is 0 Å². The minimum Gasteiger partial charge on any atom is -0.360 e. The standard InChI is InChI=1S/C22H27BrN4O3/c1-13(2)19(18-12-14(3)25-29-18)21(28)27-11-5-6-17(27)20-24-22(4,30-26-20)15-7-9-16(23)10-8-15/h7-10,12-13,17,19H,5-6,11H2,1-4H3,(H,24,26)/t17?,19?,22-/m1/s1. The zero-order chi connectivity index (χ0) is 21.5. The number of carbonyl (C=O) groups is 1. The highest BCUT2D eigenvalue weighted by Gasteiger charge is 2.43. The Labute approximate surface area is 184 Å². The van der Waals surface area contributed by atoms with E-state index in [1.165, 1.54) is 0 Å². The molecule has 30 heavy (non-hydrogen) atoms. The van der Waals surface area contributed by atoms with E-state index in [-0.39, 0.29) is 23.8 Å². The van der Waals surface area contributed by atoms with Gasteiger partial charge in [-0.15, -0.1) is 0 Å². The van der Waals surface area contributed by atoms with E-state index in [2.05, 4.69) is 26.6 Å². The molecule has 0 bridgehead atoms. The van der Waals surface area contributed by atoms with Crippen LogP contribution in [0.4, 0.5) is 0 Å². The Balaban J connectivity index is 1.59. The molecular formula is C22H27BrN4O3. The number of nitrogens with one attached hydrogen (secondary N) is 1. The second-order valence-corrected chi connectivity index (χ2v) is 9.39. The fourth-order valence-corrected chi connectivity index (χ4v) is 4.48. The van der Waals surface area contributed by atoms with Crippen LogP contribution in [0, 0.1) is 12.8 Å². The van der Waals surface area contributed by atoms with Crippen molar-refractivity contribution in [3.05, 3.63) is 51.8 Å². The van der Waals surface area contributed by atoms with Crippen molar-refractivity contribution in [2.45, 2.75) is 58.2 Å². The van der Waals surface area contributed by atoms with Crippen LogP contribution in [0.2, 0.25) is 0 Å². The fraction of sp³-hybridized carbons (Fsp3) is 0.500. The lowest BCUT2D eigenvalue weighted by molar-refractivity contribution is -0.134. The summed E-state index contributed by atoms with van der Waals surface area (Å²) in [5.74, 6) is 1.09. The molecule has 1 amide bonds. The highest BCUT2D eigenvalue weighted by atomic mass is 79.9. The third-order valence-electron chi connectivity index (χ3n) is 5.80. The lowest BCUT2D eigenvalue weighted by Gasteiger charge is -2.29. The van der Waals surface area contributed by atoms with Gasteiger partial charge in [0.05, 0.1) is 11.7 Å². The van der Waals surface area contributed by atoms with Crippen LogP contribution in [0.1, 0.15) is 56.5 Å². The van der Waals surface area contributed by atoms with Crippen molar-refractivity contribution in [1.29, 1.82) is 0 Å². The molecular weight excluding hydrogens is 448 g/mol. The third kappa shape index (κ3) is 3.90. The van der Waals surface area contributed by atoms with Crippen molar-refractivity contribution in [3.8, 4) is 0 Å². The molecule has 7 nitrogen and oxygen atoms in total. The Hall–Kier alpha value is -2.19. The van der Waals surface area contributed by atoms with Crippen molar-refractivity contribution < 1.29 is 14.2 Å². The number of aromatic nitrogens is 1. The quantitative estimate of drug-likeness (QED) is 0.699. The maximum Gasteiger partial charge on any atom is 0.234 e. The number of rotatable bonds is 5. The molecule has 0 aliphatic carbocycles. The van der Waals surface area contributed by atoms with Crippen LogP contribution < -0.4 is 5.48 Å². The first kappa shape index (κ1) is 21.1. The minimum absolute atomic E-state index is 0.0467. The summed E-state index contributed by atoms with van der Waals surface area (Å²) in [6.45, 7) is 8.54. The molecule has 2 unspecified atom stereocenters. The minimum atomic E-state index is -0.827. The van der Waals surface area contributed by atoms with Gasteiger partial charge in [-0.25, -0.2) is 15.3 Å². The lowest BCUT2D eigenvalue weighted by atomic mass is 9.91. The Morgan fingerprint density at radius 2 is 2.07 bits per heavy atom. The van der Waals surface area contributed by atoms with Gasteiger partial charge in [-0.3, -0.25) is 4.79 Å². The highest BCUT2D eigenvalue weighted by molar-refractivity contribution is 9.10. The predicted molar refractivity (Wildman–Crippen MR) is 117 cm³/mol. The van der Waals surface area contributed by atoms with E-state index < -0.39 is 5.72 Å². The van der Waals surface area contributed by atoms with Gasteiger partial charge in [0.25, 0.3) is 0 Å². The van der Waals surface area contributed by atoms with Crippen LogP contribution in [0.5, 0.6) is 0 Å². The highest BCUT2D eigenvalue weighted by Crippen LogP contribution is 2.35. The smallest absolute Gasteiger partial charge is 0.234 e. The van der Waals surface area contributed by atoms with E-state index >= 15 is 0 Å². The number of likely N-dealkylation sites (tertiary alicyclic amines) is 1. The summed E-state index contributed by atoms with van der Waals surface area (Å²) in [7, 11) is 0. The van der Waals surface area contributed by atoms with E-state index in [1.54, 1.807) is 0 Å². The molecule has 160 valence electrons. The lowest BCUT2D eigenvalue weighted by Crippen LogP contribution is -2.46. The van der Waals surface area contributed by atoms with Gasteiger partial charge in [-0.1, -0.05) is 47.1 Å². The molecule has 3 atom stereocenters. The van der Waals surface area contributed by atoms with Crippen LogP contribution in [0.15, 0.2) is 44.3 Å². The third-order valence-corrected chi connectivity index (χ3v) is 6.33. The second-order valence-electron chi connectivity index (χ2n) is 8.47. The summed E-state index contributed by atoms with van der Waals surface area (Å²) in [5, 5.41) is 3.98. The number of benzene rings is 1. The maximum atomic E-state index is 13.5. The van der Waals surface area contributed by atoms with Gasteiger partial charge in [0.15, 0.2) is 0 Å². The molecule has 0 spiro atoms. The molecule has 0 radical (unpaired) electrons. The van der Waals surface area contributed by atoms with E-state index in [9.17, 15) is 4.79 Å². The molecule has 1 aromatic heterocycles. The van der Waals surface area contributed by atoms with Crippen molar-refractivity contribution in [3.63, 3.8) is 0 Å². The van der Waals surface area contributed by atoms with Crippen LogP contribution in [-0.4, -0.2) is 34.4 Å². The first-order valence-electron chi connectivity index (χ1n) is 10.3. The molecule has 8 heteroatoms. The first-order chi connectivity index (χ1) is 14.3. The average molecular weight is 475 g/mol. The average Bonchev–Trinajstić information content (AvgIpc) is 3.42. The summed E-state index contributed by atoms with van der Waals surface area (Å²) >= 11 is 3.46. The zero-order valence-corrected chi connectivity index (χ0v) is 19.3. The molecule has 2 aliphatic rings. The number of halogens is 1. The van der Waals surface area contributed by atoms with Crippen LogP contribution in [0.25, 0.3) is 0 Å². The molecule has 2 aliphatic heterocycles. The predicted octanol–water partition coefficient (Wildman–Crippen LogP) is 4.28. The number of hydroxylamine groups is 1. The van der Waals surface area contributed by atoms with Gasteiger partial charge in [-0.05, 0) is 44.7 Å². The first-order valence-corrected chi connectivity index (χ1v) is 11.1. The number of amidine groups is 1. The molecule has 1 aromatic carbocycles. The molecule has 1 N–H and O–H groups in total. The number of amides is 1. The van der Waals surface area contributed by atoms with Crippen molar-refractivity contribution in [1.82, 2.24) is 15.5 Å². The van der Waals surface area contributed by atoms with Crippen molar-refractivity contribution in [2.24, 2.45) is 10.9 Å². The summed E-state index contributed by atoms with van der Waals surface area (Å²) in [5.41, 5.74) is 3.91. The van der Waals surface area contributed by atoms with E-state index in [0.29, 0.717) is 18.1 Å². The molecule has 1 saturated heterocycles. The zero-order valence-electron chi connectivity index (χ0n) is 17.7. The molecule has 1 fully saturated rings. The van der Waals surface area contributed by atoms with Crippen molar-refractivity contribution >= 4 is 27.7 Å². The number of aliphatic imine (C=N–C) groups is 1. The Morgan fingerprint density at radius 1 is 1.33 bits per heavy atom. The summed E-state index contributed by atoms with van der Waals surface area (Å²) < 4.78 is 6.46.